The first-order valence-electron chi connectivity index (χ1n) is 13.0. The Morgan fingerprint density at radius 1 is 0.892 bits per heavy atom. The van der Waals surface area contributed by atoms with Crippen molar-refractivity contribution >= 4 is 22.7 Å². The summed E-state index contributed by atoms with van der Waals surface area (Å²) in [6.07, 6.45) is 10.2. The Labute approximate surface area is 217 Å². The van der Waals surface area contributed by atoms with Gasteiger partial charge in [-0.3, -0.25) is 14.8 Å². The van der Waals surface area contributed by atoms with E-state index in [2.05, 4.69) is 44.5 Å². The highest BCUT2D eigenvalue weighted by Crippen LogP contribution is 2.36. The average molecular weight is 487 g/mol. The number of Topliss-reactive ketones (excluding diaryl/α,β-unsaturated/α-hetero) is 1. The van der Waals surface area contributed by atoms with Gasteiger partial charge in [0.2, 0.25) is 0 Å². The number of anilines is 2. The van der Waals surface area contributed by atoms with Crippen LogP contribution in [0.3, 0.4) is 0 Å². The van der Waals surface area contributed by atoms with E-state index >= 15 is 0 Å². The molecule has 0 saturated carbocycles. The van der Waals surface area contributed by atoms with Gasteiger partial charge in [-0.25, -0.2) is 0 Å². The Kier molecular flexibility index (Phi) is 6.27. The summed E-state index contributed by atoms with van der Waals surface area (Å²) in [5, 5.41) is 3.42. The summed E-state index contributed by atoms with van der Waals surface area (Å²) in [5.74, 6) is -0.184. The van der Waals surface area contributed by atoms with E-state index < -0.39 is 0 Å². The van der Waals surface area contributed by atoms with Crippen molar-refractivity contribution < 1.29 is 4.79 Å². The number of allylic oxidation sites excluding steroid dienone is 1. The summed E-state index contributed by atoms with van der Waals surface area (Å²) in [6, 6.07) is 22.6. The number of carbonyl (C=O) groups excluding carboxylic acids is 1. The van der Waals surface area contributed by atoms with Crippen LogP contribution in [0, 0.1) is 0 Å². The third-order valence-electron chi connectivity index (χ3n) is 7.45. The number of benzene rings is 2. The molecule has 1 atom stereocenters. The molecule has 0 radical (unpaired) electrons. The zero-order valence-corrected chi connectivity index (χ0v) is 21.0. The maximum absolute atomic E-state index is 13.7. The van der Waals surface area contributed by atoms with Crippen LogP contribution >= 0.6 is 0 Å². The van der Waals surface area contributed by atoms with Crippen molar-refractivity contribution in [2.24, 2.45) is 0 Å². The van der Waals surface area contributed by atoms with E-state index in [1.807, 2.05) is 74.1 Å². The van der Waals surface area contributed by atoms with Gasteiger partial charge < -0.3 is 10.2 Å². The molecule has 5 heteroatoms. The molecule has 1 fully saturated rings. The average Bonchev–Trinajstić information content (AvgIpc) is 3.52. The molecule has 0 amide bonds. The molecule has 0 spiro atoms. The quantitative estimate of drug-likeness (QED) is 0.333. The number of nitrogens with zero attached hydrogens (tertiary/aromatic N) is 3. The standard InChI is InChI=1S/C32H30N4O/c1-22(25-10-11-30(35-20-25)23-7-3-2-4-8-23)32(37)28-13-14-34-31-12-9-24(18-29(28)31)26-17-27(21-33-19-26)36-15-5-6-16-36/h2-4,7-13,17-22,34H,5-6,14-16H2,1H3/t22-/m1/s1. The zero-order valence-electron chi connectivity index (χ0n) is 21.0. The van der Waals surface area contributed by atoms with Gasteiger partial charge in [0, 0.05) is 65.9 Å². The van der Waals surface area contributed by atoms with E-state index in [-0.39, 0.29) is 11.7 Å². The molecule has 184 valence electrons. The number of nitrogens with one attached hydrogen (secondary N) is 1. The van der Waals surface area contributed by atoms with Crippen molar-refractivity contribution in [1.29, 1.82) is 0 Å². The van der Waals surface area contributed by atoms with E-state index in [0.29, 0.717) is 6.54 Å². The predicted octanol–water partition coefficient (Wildman–Crippen LogP) is 6.59. The number of carbonyl (C=O) groups is 1. The highest BCUT2D eigenvalue weighted by molar-refractivity contribution is 6.25. The van der Waals surface area contributed by atoms with Crippen LogP contribution in [-0.4, -0.2) is 35.4 Å². The minimum Gasteiger partial charge on any atom is -0.381 e. The lowest BCUT2D eigenvalue weighted by Crippen LogP contribution is -2.18. The van der Waals surface area contributed by atoms with Gasteiger partial charge in [-0.05, 0) is 48.2 Å². The third-order valence-corrected chi connectivity index (χ3v) is 7.45. The number of rotatable bonds is 6. The van der Waals surface area contributed by atoms with Crippen molar-refractivity contribution in [2.45, 2.75) is 25.7 Å². The Morgan fingerprint density at radius 2 is 1.73 bits per heavy atom. The second kappa shape index (κ2) is 10.0. The summed E-state index contributed by atoms with van der Waals surface area (Å²) in [7, 11) is 0. The van der Waals surface area contributed by atoms with Crippen molar-refractivity contribution in [2.75, 3.05) is 29.9 Å². The molecule has 4 aromatic rings. The molecular weight excluding hydrogens is 456 g/mol. The highest BCUT2D eigenvalue weighted by atomic mass is 16.1. The van der Waals surface area contributed by atoms with Gasteiger partial charge in [-0.15, -0.1) is 0 Å². The van der Waals surface area contributed by atoms with Gasteiger partial charge in [0.15, 0.2) is 5.78 Å². The van der Waals surface area contributed by atoms with Crippen LogP contribution in [0.4, 0.5) is 11.4 Å². The fourth-order valence-electron chi connectivity index (χ4n) is 5.27. The molecule has 4 heterocycles. The minimum absolute atomic E-state index is 0.109. The van der Waals surface area contributed by atoms with Crippen LogP contribution < -0.4 is 10.2 Å². The molecule has 0 bridgehead atoms. The van der Waals surface area contributed by atoms with Crippen LogP contribution in [0.25, 0.3) is 28.0 Å². The van der Waals surface area contributed by atoms with E-state index in [1.165, 1.54) is 12.8 Å². The van der Waals surface area contributed by atoms with Crippen LogP contribution in [0.2, 0.25) is 0 Å². The van der Waals surface area contributed by atoms with Gasteiger partial charge in [0.05, 0.1) is 17.6 Å². The lowest BCUT2D eigenvalue weighted by molar-refractivity contribution is -0.114. The largest absolute Gasteiger partial charge is 0.381 e. The Hall–Kier alpha value is -4.25. The number of fused-ring (bicyclic) bond motifs is 1. The maximum Gasteiger partial charge on any atom is 0.170 e. The number of ketones is 1. The molecule has 1 N–H and O–H groups in total. The number of aromatic nitrogens is 2. The van der Waals surface area contributed by atoms with Crippen molar-refractivity contribution in [3.63, 3.8) is 0 Å². The smallest absolute Gasteiger partial charge is 0.170 e. The summed E-state index contributed by atoms with van der Waals surface area (Å²) in [6.45, 7) is 4.77. The highest BCUT2D eigenvalue weighted by Gasteiger charge is 2.25. The molecule has 0 aliphatic carbocycles. The molecule has 0 unspecified atom stereocenters. The normalized spacial score (nSPS) is 15.5. The van der Waals surface area contributed by atoms with Crippen LogP contribution in [0.5, 0.6) is 0 Å². The molecule has 6 rings (SSSR count). The SMILES string of the molecule is C[C@@H](C(=O)C1=CCNc2ccc(-c3cncc(N4CCCC4)c3)cc21)c1ccc(-c2ccccc2)nc1. The van der Waals surface area contributed by atoms with Crippen molar-refractivity contribution in [1.82, 2.24) is 9.97 Å². The zero-order chi connectivity index (χ0) is 25.2. The molecule has 5 nitrogen and oxygen atoms in total. The van der Waals surface area contributed by atoms with Gasteiger partial charge >= 0.3 is 0 Å². The summed E-state index contributed by atoms with van der Waals surface area (Å²) in [5.41, 5.74) is 8.89. The van der Waals surface area contributed by atoms with E-state index in [4.69, 9.17) is 0 Å². The molecule has 2 aromatic carbocycles. The van der Waals surface area contributed by atoms with Gasteiger partial charge in [-0.2, -0.15) is 0 Å². The molecule has 2 aliphatic heterocycles. The Morgan fingerprint density at radius 3 is 2.51 bits per heavy atom. The second-order valence-corrected chi connectivity index (χ2v) is 9.81. The minimum atomic E-state index is -0.293. The lowest BCUT2D eigenvalue weighted by atomic mass is 9.86. The van der Waals surface area contributed by atoms with Gasteiger partial charge in [0.1, 0.15) is 0 Å². The number of hydrogen-bond donors (Lipinski definition) is 1. The summed E-state index contributed by atoms with van der Waals surface area (Å²) < 4.78 is 0. The monoisotopic (exact) mass is 486 g/mol. The first-order valence-corrected chi connectivity index (χ1v) is 13.0. The number of pyridine rings is 2. The molecule has 2 aliphatic rings. The third kappa shape index (κ3) is 4.65. The van der Waals surface area contributed by atoms with Crippen molar-refractivity contribution in [3.05, 3.63) is 103 Å². The van der Waals surface area contributed by atoms with Gasteiger partial charge in [-0.1, -0.05) is 55.5 Å². The fraction of sp³-hybridized carbons (Fsp3) is 0.219. The Bertz CT molecular complexity index is 1450. The van der Waals surface area contributed by atoms with Gasteiger partial charge in [0.25, 0.3) is 0 Å². The first-order chi connectivity index (χ1) is 18.2. The van der Waals surface area contributed by atoms with E-state index in [9.17, 15) is 4.79 Å². The van der Waals surface area contributed by atoms with Crippen LogP contribution in [0.1, 0.15) is 36.8 Å². The van der Waals surface area contributed by atoms with E-state index in [1.54, 1.807) is 0 Å². The van der Waals surface area contributed by atoms with Crippen LogP contribution in [-0.2, 0) is 4.79 Å². The van der Waals surface area contributed by atoms with Crippen LogP contribution in [0.15, 0.2) is 91.4 Å². The molecule has 1 saturated heterocycles. The summed E-state index contributed by atoms with van der Waals surface area (Å²) >= 11 is 0. The topological polar surface area (TPSA) is 58.1 Å². The second-order valence-electron chi connectivity index (χ2n) is 9.81. The first kappa shape index (κ1) is 23.2. The lowest BCUT2D eigenvalue weighted by Gasteiger charge is -2.22. The number of hydrogen-bond acceptors (Lipinski definition) is 5. The fourth-order valence-corrected chi connectivity index (χ4v) is 5.27. The molecular formula is C32H30N4O. The van der Waals surface area contributed by atoms with E-state index in [0.717, 1.165) is 63.5 Å². The maximum atomic E-state index is 13.7. The van der Waals surface area contributed by atoms with Crippen molar-refractivity contribution in [3.8, 4) is 22.4 Å². The molecule has 2 aromatic heterocycles. The Balaban J connectivity index is 1.27. The summed E-state index contributed by atoms with van der Waals surface area (Å²) in [4.78, 5) is 25.3. The predicted molar refractivity (Wildman–Crippen MR) is 151 cm³/mol. The molecule has 37 heavy (non-hydrogen) atoms.